The first-order valence-electron chi connectivity index (χ1n) is 6.05. The van der Waals surface area contributed by atoms with Gasteiger partial charge in [-0.05, 0) is 36.7 Å². The summed E-state index contributed by atoms with van der Waals surface area (Å²) in [4.78, 5) is 0. The maximum absolute atomic E-state index is 13.7. The predicted octanol–water partition coefficient (Wildman–Crippen LogP) is 3.67. The second-order valence-corrected chi connectivity index (χ2v) is 5.09. The normalized spacial score (nSPS) is 10.5. The molecule has 0 spiro atoms. The lowest BCUT2D eigenvalue weighted by atomic mass is 10.1. The summed E-state index contributed by atoms with van der Waals surface area (Å²) < 4.78 is 20.1. The summed E-state index contributed by atoms with van der Waals surface area (Å²) in [5.41, 5.74) is 7.13. The van der Waals surface area contributed by atoms with Crippen molar-refractivity contribution in [3.8, 4) is 5.75 Å². The molecular weight excluding hydrogens is 309 g/mol. The quantitative estimate of drug-likeness (QED) is 0.911. The summed E-state index contributed by atoms with van der Waals surface area (Å²) in [6.07, 6.45) is 0.749. The van der Waals surface area contributed by atoms with Gasteiger partial charge >= 0.3 is 0 Å². The van der Waals surface area contributed by atoms with Crippen LogP contribution in [0.4, 0.5) is 4.39 Å². The molecule has 2 nitrogen and oxygen atoms in total. The summed E-state index contributed by atoms with van der Waals surface area (Å²) in [7, 11) is 0. The van der Waals surface area contributed by atoms with Crippen molar-refractivity contribution in [2.75, 3.05) is 6.54 Å². The van der Waals surface area contributed by atoms with Gasteiger partial charge in [0.2, 0.25) is 0 Å². The van der Waals surface area contributed by atoms with Crippen molar-refractivity contribution >= 4 is 15.9 Å². The highest BCUT2D eigenvalue weighted by atomic mass is 79.9. The van der Waals surface area contributed by atoms with Crippen LogP contribution in [-0.2, 0) is 13.0 Å². The molecule has 0 fully saturated rings. The van der Waals surface area contributed by atoms with Gasteiger partial charge in [0.15, 0.2) is 0 Å². The Hall–Kier alpha value is -1.39. The fraction of sp³-hybridized carbons (Fsp3) is 0.200. The molecule has 100 valence electrons. The molecular formula is C15H15BrFNO. The van der Waals surface area contributed by atoms with E-state index in [-0.39, 0.29) is 12.4 Å². The lowest BCUT2D eigenvalue weighted by Crippen LogP contribution is -2.06. The van der Waals surface area contributed by atoms with Gasteiger partial charge in [0.25, 0.3) is 0 Å². The molecule has 0 aliphatic carbocycles. The summed E-state index contributed by atoms with van der Waals surface area (Å²) in [5, 5.41) is 0. The lowest BCUT2D eigenvalue weighted by molar-refractivity contribution is 0.296. The largest absolute Gasteiger partial charge is 0.489 e. The Labute approximate surface area is 120 Å². The summed E-state index contributed by atoms with van der Waals surface area (Å²) in [5.74, 6) is 0.487. The van der Waals surface area contributed by atoms with E-state index in [1.54, 1.807) is 12.1 Å². The number of hydrogen-bond donors (Lipinski definition) is 1. The number of ether oxygens (including phenoxy) is 1. The zero-order valence-corrected chi connectivity index (χ0v) is 12.0. The third-order valence-corrected chi connectivity index (χ3v) is 3.28. The SMILES string of the molecule is NCCc1ccccc1OCc1ccc(Br)cc1F. The maximum Gasteiger partial charge on any atom is 0.130 e. The number of nitrogens with two attached hydrogens (primary N) is 1. The van der Waals surface area contributed by atoms with Crippen molar-refractivity contribution in [3.05, 3.63) is 63.9 Å². The minimum atomic E-state index is -0.273. The fourth-order valence-electron chi connectivity index (χ4n) is 1.80. The number of para-hydroxylation sites is 1. The highest BCUT2D eigenvalue weighted by Gasteiger charge is 2.06. The van der Waals surface area contributed by atoms with Crippen LogP contribution in [0.2, 0.25) is 0 Å². The van der Waals surface area contributed by atoms with Crippen molar-refractivity contribution < 1.29 is 9.13 Å². The van der Waals surface area contributed by atoms with Gasteiger partial charge in [-0.1, -0.05) is 40.2 Å². The molecule has 0 aliphatic heterocycles. The average Bonchev–Trinajstić information content (AvgIpc) is 2.40. The standard InChI is InChI=1S/C15H15BrFNO/c16-13-6-5-12(14(17)9-13)10-19-15-4-2-1-3-11(15)7-8-18/h1-6,9H,7-8,10,18H2. The van der Waals surface area contributed by atoms with Crippen LogP contribution in [0.3, 0.4) is 0 Å². The van der Waals surface area contributed by atoms with Crippen LogP contribution >= 0.6 is 15.9 Å². The molecule has 0 aliphatic rings. The monoisotopic (exact) mass is 323 g/mol. The van der Waals surface area contributed by atoms with Crippen LogP contribution in [0.5, 0.6) is 5.75 Å². The van der Waals surface area contributed by atoms with Crippen molar-refractivity contribution in [3.63, 3.8) is 0 Å². The molecule has 0 atom stereocenters. The molecule has 0 saturated carbocycles. The molecule has 2 rings (SSSR count). The van der Waals surface area contributed by atoms with Crippen LogP contribution in [0, 0.1) is 5.82 Å². The molecule has 0 amide bonds. The topological polar surface area (TPSA) is 35.2 Å². The summed E-state index contributed by atoms with van der Waals surface area (Å²) >= 11 is 3.23. The van der Waals surface area contributed by atoms with Gasteiger partial charge in [0, 0.05) is 10.0 Å². The molecule has 0 aromatic heterocycles. The zero-order chi connectivity index (χ0) is 13.7. The van der Waals surface area contributed by atoms with Crippen molar-refractivity contribution in [1.82, 2.24) is 0 Å². The average molecular weight is 324 g/mol. The van der Waals surface area contributed by atoms with E-state index < -0.39 is 0 Å². The van der Waals surface area contributed by atoms with Crippen LogP contribution in [0.25, 0.3) is 0 Å². The third-order valence-electron chi connectivity index (χ3n) is 2.78. The van der Waals surface area contributed by atoms with Gasteiger partial charge in [-0.2, -0.15) is 0 Å². The Morgan fingerprint density at radius 1 is 1.11 bits per heavy atom. The van der Waals surface area contributed by atoms with E-state index in [4.69, 9.17) is 10.5 Å². The predicted molar refractivity (Wildman–Crippen MR) is 77.6 cm³/mol. The molecule has 0 saturated heterocycles. The van der Waals surface area contributed by atoms with E-state index >= 15 is 0 Å². The molecule has 0 heterocycles. The number of hydrogen-bond acceptors (Lipinski definition) is 2. The van der Waals surface area contributed by atoms with E-state index in [2.05, 4.69) is 15.9 Å². The molecule has 2 aromatic carbocycles. The zero-order valence-electron chi connectivity index (χ0n) is 10.4. The molecule has 0 radical (unpaired) electrons. The van der Waals surface area contributed by atoms with E-state index in [1.165, 1.54) is 6.07 Å². The van der Waals surface area contributed by atoms with E-state index in [9.17, 15) is 4.39 Å². The molecule has 19 heavy (non-hydrogen) atoms. The molecule has 0 unspecified atom stereocenters. The van der Waals surface area contributed by atoms with E-state index in [0.717, 1.165) is 22.2 Å². The van der Waals surface area contributed by atoms with E-state index in [0.29, 0.717) is 12.1 Å². The Balaban J connectivity index is 2.10. The fourth-order valence-corrected chi connectivity index (χ4v) is 2.13. The molecule has 2 N–H and O–H groups in total. The van der Waals surface area contributed by atoms with Crippen LogP contribution in [0.1, 0.15) is 11.1 Å². The second kappa shape index (κ2) is 6.68. The highest BCUT2D eigenvalue weighted by molar-refractivity contribution is 9.10. The van der Waals surface area contributed by atoms with E-state index in [1.807, 2.05) is 24.3 Å². The molecule has 4 heteroatoms. The highest BCUT2D eigenvalue weighted by Crippen LogP contribution is 2.21. The Morgan fingerprint density at radius 2 is 1.89 bits per heavy atom. The van der Waals surface area contributed by atoms with Crippen LogP contribution < -0.4 is 10.5 Å². The van der Waals surface area contributed by atoms with Crippen LogP contribution in [0.15, 0.2) is 46.9 Å². The first-order chi connectivity index (χ1) is 9.20. The summed E-state index contributed by atoms with van der Waals surface area (Å²) in [6, 6.07) is 12.6. The number of halogens is 2. The minimum Gasteiger partial charge on any atom is -0.489 e. The van der Waals surface area contributed by atoms with Gasteiger partial charge < -0.3 is 10.5 Å². The van der Waals surface area contributed by atoms with Crippen molar-refractivity contribution in [2.45, 2.75) is 13.0 Å². The minimum absolute atomic E-state index is 0.209. The smallest absolute Gasteiger partial charge is 0.130 e. The van der Waals surface area contributed by atoms with Gasteiger partial charge in [-0.3, -0.25) is 0 Å². The molecule has 0 bridgehead atoms. The van der Waals surface area contributed by atoms with Gasteiger partial charge in [0.1, 0.15) is 18.2 Å². The van der Waals surface area contributed by atoms with Gasteiger partial charge in [-0.25, -0.2) is 4.39 Å². The summed E-state index contributed by atoms with van der Waals surface area (Å²) in [6.45, 7) is 0.772. The van der Waals surface area contributed by atoms with Crippen molar-refractivity contribution in [1.29, 1.82) is 0 Å². The first kappa shape index (κ1) is 14.0. The maximum atomic E-state index is 13.7. The van der Waals surface area contributed by atoms with Crippen molar-refractivity contribution in [2.24, 2.45) is 5.73 Å². The Bertz CT molecular complexity index is 560. The third kappa shape index (κ3) is 3.78. The van der Waals surface area contributed by atoms with Gasteiger partial charge in [-0.15, -0.1) is 0 Å². The molecule has 2 aromatic rings. The number of benzene rings is 2. The van der Waals surface area contributed by atoms with Gasteiger partial charge in [0.05, 0.1) is 0 Å². The lowest BCUT2D eigenvalue weighted by Gasteiger charge is -2.11. The Kier molecular flexibility index (Phi) is 4.93. The van der Waals surface area contributed by atoms with Crippen LogP contribution in [-0.4, -0.2) is 6.54 Å². The number of rotatable bonds is 5. The first-order valence-corrected chi connectivity index (χ1v) is 6.84. The second-order valence-electron chi connectivity index (χ2n) is 4.17. The Morgan fingerprint density at radius 3 is 2.63 bits per heavy atom.